The van der Waals surface area contributed by atoms with Crippen molar-refractivity contribution in [1.29, 1.82) is 0 Å². The number of nitrogens with zero attached hydrogens (tertiary/aromatic N) is 4. The first-order valence-corrected chi connectivity index (χ1v) is 10.3. The average molecular weight is 402 g/mol. The Bertz CT molecular complexity index is 1080. The van der Waals surface area contributed by atoms with Gasteiger partial charge in [0, 0.05) is 43.4 Å². The number of hydrogen-bond acceptors (Lipinski definition) is 5. The van der Waals surface area contributed by atoms with E-state index in [0.717, 1.165) is 11.1 Å². The van der Waals surface area contributed by atoms with Crippen LogP contribution in [0.3, 0.4) is 0 Å². The van der Waals surface area contributed by atoms with Crippen LogP contribution in [0.1, 0.15) is 44.9 Å². The van der Waals surface area contributed by atoms with Gasteiger partial charge in [-0.3, -0.25) is 9.36 Å². The predicted molar refractivity (Wildman–Crippen MR) is 113 cm³/mol. The first-order valence-electron chi connectivity index (χ1n) is 9.17. The quantitative estimate of drug-likeness (QED) is 0.679. The molecule has 0 aliphatic rings. The van der Waals surface area contributed by atoms with E-state index < -0.39 is 16.1 Å². The van der Waals surface area contributed by atoms with E-state index >= 15 is 0 Å². The van der Waals surface area contributed by atoms with E-state index in [4.69, 9.17) is 4.98 Å². The zero-order chi connectivity index (χ0) is 20.8. The van der Waals surface area contributed by atoms with Crippen molar-refractivity contribution in [1.82, 2.24) is 23.8 Å². The molecule has 0 bridgehead atoms. The van der Waals surface area contributed by atoms with Crippen LogP contribution in [0.4, 0.5) is 0 Å². The van der Waals surface area contributed by atoms with E-state index in [1.54, 1.807) is 13.2 Å². The number of nitrogens with one attached hydrogen (secondary N) is 1. The van der Waals surface area contributed by atoms with Crippen molar-refractivity contribution in [2.24, 2.45) is 14.1 Å². The van der Waals surface area contributed by atoms with E-state index in [1.165, 1.54) is 4.57 Å². The van der Waals surface area contributed by atoms with Crippen molar-refractivity contribution >= 4 is 22.3 Å². The number of aryl methyl sites for hydroxylation is 2. The van der Waals surface area contributed by atoms with Gasteiger partial charge in [-0.2, -0.15) is 0 Å². The second kappa shape index (κ2) is 7.35. The van der Waals surface area contributed by atoms with E-state index in [0.29, 0.717) is 22.6 Å². The summed E-state index contributed by atoms with van der Waals surface area (Å²) >= 11 is -1.24. The molecule has 0 spiro atoms. The van der Waals surface area contributed by atoms with Crippen molar-refractivity contribution in [3.05, 3.63) is 46.0 Å². The van der Waals surface area contributed by atoms with Crippen LogP contribution in [-0.4, -0.2) is 28.4 Å². The maximum Gasteiger partial charge on any atom is 0.261 e. The summed E-state index contributed by atoms with van der Waals surface area (Å²) in [5.41, 5.74) is 2.29. The minimum atomic E-state index is -1.24. The predicted octanol–water partition coefficient (Wildman–Crippen LogP) is 2.76. The van der Waals surface area contributed by atoms with Crippen LogP contribution in [0, 0.1) is 6.92 Å². The molecule has 2 heterocycles. The maximum absolute atomic E-state index is 13.1. The van der Waals surface area contributed by atoms with Crippen LogP contribution in [0.15, 0.2) is 29.3 Å². The molecular weight excluding hydrogens is 374 g/mol. The van der Waals surface area contributed by atoms with Crippen LogP contribution in [-0.2, 0) is 25.5 Å². The fourth-order valence-corrected chi connectivity index (χ4v) is 3.87. The Morgan fingerprint density at radius 2 is 1.89 bits per heavy atom. The molecule has 2 aromatic heterocycles. The topological polar surface area (TPSA) is 87.8 Å². The lowest BCUT2D eigenvalue weighted by Gasteiger charge is -2.27. The molecule has 0 saturated heterocycles. The number of hydrogen-bond donors (Lipinski definition) is 1. The van der Waals surface area contributed by atoms with Crippen LogP contribution >= 0.6 is 0 Å². The molecule has 2 unspecified atom stereocenters. The van der Waals surface area contributed by atoms with E-state index in [-0.39, 0.29) is 11.6 Å². The Morgan fingerprint density at radius 1 is 1.21 bits per heavy atom. The third-order valence-electron chi connectivity index (χ3n) is 4.68. The standard InChI is InChI=1S/C20H27N5O2S/c1-12-10-14(13(2)23-28(27)20(3,4)5)16-15(11-12)19(26)25(7)18(22-16)17-21-8-9-24(17)6/h8-11,13,23H,1-7H3. The fourth-order valence-electron chi connectivity index (χ4n) is 3.06. The summed E-state index contributed by atoms with van der Waals surface area (Å²) in [5.74, 6) is 1.12. The molecule has 0 radical (unpaired) electrons. The van der Waals surface area contributed by atoms with Gasteiger partial charge in [0.15, 0.2) is 11.6 Å². The number of aromatic nitrogens is 4. The fraction of sp³-hybridized carbons (Fsp3) is 0.450. The average Bonchev–Trinajstić information content (AvgIpc) is 3.02. The smallest absolute Gasteiger partial charge is 0.261 e. The van der Waals surface area contributed by atoms with Gasteiger partial charge in [-0.1, -0.05) is 6.07 Å². The van der Waals surface area contributed by atoms with Gasteiger partial charge in [0.1, 0.15) is 4.75 Å². The van der Waals surface area contributed by atoms with Crippen molar-refractivity contribution in [2.75, 3.05) is 0 Å². The highest BCUT2D eigenvalue weighted by molar-refractivity contribution is 7.90. The summed E-state index contributed by atoms with van der Waals surface area (Å²) in [6, 6.07) is 3.61. The Labute approximate surface area is 168 Å². The molecule has 28 heavy (non-hydrogen) atoms. The second-order valence-corrected chi connectivity index (χ2v) is 10.1. The van der Waals surface area contributed by atoms with Crippen LogP contribution in [0.2, 0.25) is 0 Å². The molecule has 3 rings (SSSR count). The molecular formula is C20H27N5O2S. The highest BCUT2D eigenvalue weighted by Gasteiger charge is 2.29. The molecule has 150 valence electrons. The number of rotatable bonds is 4. The molecule has 7 nitrogen and oxygen atoms in total. The Balaban J connectivity index is 2.22. The van der Waals surface area contributed by atoms with Crippen LogP contribution < -0.4 is 10.3 Å². The van der Waals surface area contributed by atoms with Crippen molar-refractivity contribution in [3.8, 4) is 11.6 Å². The third-order valence-corrected chi connectivity index (χ3v) is 6.36. The maximum atomic E-state index is 13.1. The lowest BCUT2D eigenvalue weighted by atomic mass is 10.0. The van der Waals surface area contributed by atoms with Crippen molar-refractivity contribution in [2.45, 2.75) is 45.4 Å². The summed E-state index contributed by atoms with van der Waals surface area (Å²) in [5, 5.41) is 0.547. The van der Waals surface area contributed by atoms with Gasteiger partial charge < -0.3 is 9.12 Å². The van der Waals surface area contributed by atoms with Gasteiger partial charge in [0.25, 0.3) is 5.56 Å². The number of imidazole rings is 1. The normalized spacial score (nSPS) is 14.4. The highest BCUT2D eigenvalue weighted by atomic mass is 32.2. The number of benzene rings is 1. The molecule has 0 aliphatic carbocycles. The minimum Gasteiger partial charge on any atom is -0.598 e. The summed E-state index contributed by atoms with van der Waals surface area (Å²) in [6.07, 6.45) is 3.50. The van der Waals surface area contributed by atoms with Gasteiger partial charge in [-0.05, 0) is 46.2 Å². The molecule has 2 atom stereocenters. The molecule has 1 aromatic carbocycles. The molecule has 0 amide bonds. The molecule has 8 heteroatoms. The third kappa shape index (κ3) is 3.72. The molecule has 1 N–H and O–H groups in total. The highest BCUT2D eigenvalue weighted by Crippen LogP contribution is 2.27. The lowest BCUT2D eigenvalue weighted by molar-refractivity contribution is 0.531. The van der Waals surface area contributed by atoms with Crippen molar-refractivity contribution < 1.29 is 4.55 Å². The van der Waals surface area contributed by atoms with Gasteiger partial charge in [0.05, 0.1) is 16.9 Å². The molecule has 0 aliphatic heterocycles. The first-order chi connectivity index (χ1) is 13.0. The second-order valence-electron chi connectivity index (χ2n) is 8.13. The largest absolute Gasteiger partial charge is 0.598 e. The van der Waals surface area contributed by atoms with Crippen LogP contribution in [0.25, 0.3) is 22.6 Å². The van der Waals surface area contributed by atoms with E-state index in [2.05, 4.69) is 9.71 Å². The zero-order valence-electron chi connectivity index (χ0n) is 17.4. The van der Waals surface area contributed by atoms with Gasteiger partial charge >= 0.3 is 0 Å². The Hall–Kier alpha value is -2.16. The van der Waals surface area contributed by atoms with E-state index in [1.807, 2.05) is 64.6 Å². The van der Waals surface area contributed by atoms with Crippen LogP contribution in [0.5, 0.6) is 0 Å². The number of fused-ring (bicyclic) bond motifs is 1. The molecule has 3 aromatic rings. The zero-order valence-corrected chi connectivity index (χ0v) is 18.2. The van der Waals surface area contributed by atoms with Crippen molar-refractivity contribution in [3.63, 3.8) is 0 Å². The monoisotopic (exact) mass is 401 g/mol. The SMILES string of the molecule is Cc1cc(C(C)N[S+]([O-])C(C)(C)C)c2nc(-c3nccn3C)n(C)c(=O)c2c1. The van der Waals surface area contributed by atoms with Gasteiger partial charge in [-0.15, -0.1) is 4.72 Å². The van der Waals surface area contributed by atoms with Gasteiger partial charge in [-0.25, -0.2) is 9.97 Å². The van der Waals surface area contributed by atoms with E-state index in [9.17, 15) is 9.35 Å². The van der Waals surface area contributed by atoms with Gasteiger partial charge in [0.2, 0.25) is 0 Å². The first kappa shape index (κ1) is 20.6. The molecule has 0 fully saturated rings. The summed E-state index contributed by atoms with van der Waals surface area (Å²) in [6.45, 7) is 9.65. The minimum absolute atomic E-state index is 0.128. The Morgan fingerprint density at radius 3 is 2.46 bits per heavy atom. The summed E-state index contributed by atoms with van der Waals surface area (Å²) < 4.78 is 18.7. The summed E-state index contributed by atoms with van der Waals surface area (Å²) in [4.78, 5) is 22.2. The Kier molecular flexibility index (Phi) is 5.40. The molecule has 0 saturated carbocycles. The lowest BCUT2D eigenvalue weighted by Crippen LogP contribution is -2.40. The summed E-state index contributed by atoms with van der Waals surface area (Å²) in [7, 11) is 3.57.